The number of benzene rings is 1. The highest BCUT2D eigenvalue weighted by molar-refractivity contribution is 5.91. The van der Waals surface area contributed by atoms with Crippen molar-refractivity contribution in [1.82, 2.24) is 15.5 Å². The number of halogens is 2. The summed E-state index contributed by atoms with van der Waals surface area (Å²) in [4.78, 5) is 15.3. The molecule has 1 N–H and O–H groups in total. The van der Waals surface area contributed by atoms with Crippen molar-refractivity contribution in [3.63, 3.8) is 0 Å². The van der Waals surface area contributed by atoms with Crippen LogP contribution in [0, 0.1) is 11.6 Å². The number of aromatic nitrogens is 2. The maximum Gasteiger partial charge on any atom is 0.271 e. The third-order valence-corrected chi connectivity index (χ3v) is 3.96. The molecule has 0 saturated carbocycles. The van der Waals surface area contributed by atoms with Crippen LogP contribution in [0.4, 0.5) is 20.3 Å². The van der Waals surface area contributed by atoms with Gasteiger partial charge in [0.15, 0.2) is 11.5 Å². The van der Waals surface area contributed by atoms with Crippen LogP contribution in [0.2, 0.25) is 0 Å². The Balaban J connectivity index is 1.66. The second-order valence-electron chi connectivity index (χ2n) is 5.43. The number of amides is 1. The lowest BCUT2D eigenvalue weighted by atomic mass is 10.2. The van der Waals surface area contributed by atoms with Crippen molar-refractivity contribution < 1.29 is 13.6 Å². The van der Waals surface area contributed by atoms with E-state index in [1.807, 2.05) is 4.90 Å². The highest BCUT2D eigenvalue weighted by atomic mass is 19.1. The average Bonchev–Trinajstić information content (AvgIpc) is 2.63. The van der Waals surface area contributed by atoms with Crippen LogP contribution in [0.3, 0.4) is 0 Å². The highest BCUT2D eigenvalue weighted by Gasteiger charge is 2.21. The van der Waals surface area contributed by atoms with Crippen LogP contribution in [-0.4, -0.2) is 49.3 Å². The zero-order chi connectivity index (χ0) is 17.1. The number of anilines is 2. The quantitative estimate of drug-likeness (QED) is 0.921. The van der Waals surface area contributed by atoms with Crippen molar-refractivity contribution in [3.05, 3.63) is 47.7 Å². The van der Waals surface area contributed by atoms with Gasteiger partial charge in [-0.15, -0.1) is 10.2 Å². The first-order valence-corrected chi connectivity index (χ1v) is 7.59. The molecular formula is C16H17F2N5O. The molecule has 1 aliphatic heterocycles. The number of hydrogen-bond donors (Lipinski definition) is 1. The predicted molar refractivity (Wildman–Crippen MR) is 86.2 cm³/mol. The molecule has 0 unspecified atom stereocenters. The molecule has 0 atom stereocenters. The molecule has 8 heteroatoms. The molecule has 0 bridgehead atoms. The van der Waals surface area contributed by atoms with Gasteiger partial charge in [-0.05, 0) is 24.3 Å². The first-order chi connectivity index (χ1) is 11.6. The van der Waals surface area contributed by atoms with E-state index in [2.05, 4.69) is 15.5 Å². The molecule has 1 saturated heterocycles. The molecule has 1 aromatic carbocycles. The van der Waals surface area contributed by atoms with Gasteiger partial charge in [0, 0.05) is 39.3 Å². The summed E-state index contributed by atoms with van der Waals surface area (Å²) in [6.45, 7) is 2.28. The molecule has 1 fully saturated rings. The van der Waals surface area contributed by atoms with Gasteiger partial charge in [-0.2, -0.15) is 0 Å². The van der Waals surface area contributed by atoms with Crippen LogP contribution >= 0.6 is 0 Å². The molecule has 3 rings (SSSR count). The summed E-state index contributed by atoms with van der Waals surface area (Å²) in [5.74, 6) is -0.522. The Morgan fingerprint density at radius 2 is 1.75 bits per heavy atom. The van der Waals surface area contributed by atoms with Gasteiger partial charge >= 0.3 is 0 Å². The number of carbonyl (C=O) groups excluding carboxylic acids is 1. The standard InChI is InChI=1S/C16H17F2N5O/c1-19-16(24)13-4-5-15(21-20-13)23-8-6-22(7-9-23)14-10-11(17)2-3-12(14)18/h2-5,10H,6-9H2,1H3,(H,19,24). The van der Waals surface area contributed by atoms with E-state index < -0.39 is 11.6 Å². The van der Waals surface area contributed by atoms with E-state index in [-0.39, 0.29) is 17.3 Å². The van der Waals surface area contributed by atoms with Gasteiger partial charge in [-0.3, -0.25) is 4.79 Å². The second kappa shape index (κ2) is 6.77. The van der Waals surface area contributed by atoms with Crippen LogP contribution in [-0.2, 0) is 0 Å². The van der Waals surface area contributed by atoms with Crippen LogP contribution in [0.15, 0.2) is 30.3 Å². The number of nitrogens with zero attached hydrogens (tertiary/aromatic N) is 4. The first-order valence-electron chi connectivity index (χ1n) is 7.59. The third kappa shape index (κ3) is 3.27. The molecule has 0 spiro atoms. The molecule has 0 aliphatic carbocycles. The van der Waals surface area contributed by atoms with Gasteiger partial charge in [-0.25, -0.2) is 8.78 Å². The molecule has 2 aromatic rings. The van der Waals surface area contributed by atoms with Crippen LogP contribution in [0.25, 0.3) is 0 Å². The number of rotatable bonds is 3. The molecule has 24 heavy (non-hydrogen) atoms. The summed E-state index contributed by atoms with van der Waals surface area (Å²) in [6.07, 6.45) is 0. The van der Waals surface area contributed by atoms with Crippen molar-refractivity contribution in [2.75, 3.05) is 43.0 Å². The zero-order valence-electron chi connectivity index (χ0n) is 13.2. The van der Waals surface area contributed by atoms with Gasteiger partial charge in [0.25, 0.3) is 5.91 Å². The lowest BCUT2D eigenvalue weighted by molar-refractivity contribution is 0.0957. The van der Waals surface area contributed by atoms with E-state index >= 15 is 0 Å². The van der Waals surface area contributed by atoms with Gasteiger partial charge in [0.05, 0.1) is 5.69 Å². The maximum atomic E-state index is 13.8. The maximum absolute atomic E-state index is 13.8. The van der Waals surface area contributed by atoms with Gasteiger partial charge < -0.3 is 15.1 Å². The van der Waals surface area contributed by atoms with Crippen molar-refractivity contribution in [2.45, 2.75) is 0 Å². The minimum Gasteiger partial charge on any atom is -0.366 e. The van der Waals surface area contributed by atoms with Gasteiger partial charge in [0.2, 0.25) is 0 Å². The molecule has 126 valence electrons. The van der Waals surface area contributed by atoms with E-state index in [0.717, 1.165) is 12.1 Å². The minimum absolute atomic E-state index is 0.252. The van der Waals surface area contributed by atoms with E-state index in [0.29, 0.717) is 32.0 Å². The molecule has 1 amide bonds. The summed E-state index contributed by atoms with van der Waals surface area (Å²) in [6, 6.07) is 6.80. The molecule has 6 nitrogen and oxygen atoms in total. The Bertz CT molecular complexity index is 730. The van der Waals surface area contributed by atoms with Crippen molar-refractivity contribution >= 4 is 17.4 Å². The molecule has 1 aromatic heterocycles. The monoisotopic (exact) mass is 333 g/mol. The Kier molecular flexibility index (Phi) is 4.54. The molecule has 2 heterocycles. The number of piperazine rings is 1. The summed E-state index contributed by atoms with van der Waals surface area (Å²) in [7, 11) is 1.53. The fourth-order valence-electron chi connectivity index (χ4n) is 2.65. The topological polar surface area (TPSA) is 61.4 Å². The first kappa shape index (κ1) is 16.1. The fourth-order valence-corrected chi connectivity index (χ4v) is 2.65. The van der Waals surface area contributed by atoms with Gasteiger partial charge in [-0.1, -0.05) is 0 Å². The Morgan fingerprint density at radius 1 is 1.04 bits per heavy atom. The average molecular weight is 333 g/mol. The Morgan fingerprint density at radius 3 is 2.38 bits per heavy atom. The second-order valence-corrected chi connectivity index (χ2v) is 5.43. The van der Waals surface area contributed by atoms with Crippen LogP contribution in [0.1, 0.15) is 10.5 Å². The Labute approximate surface area is 138 Å². The van der Waals surface area contributed by atoms with E-state index in [1.54, 1.807) is 17.0 Å². The lowest BCUT2D eigenvalue weighted by Crippen LogP contribution is -2.47. The summed E-state index contributed by atoms with van der Waals surface area (Å²) in [5, 5.41) is 10.5. The zero-order valence-corrected chi connectivity index (χ0v) is 13.2. The summed E-state index contributed by atoms with van der Waals surface area (Å²) >= 11 is 0. The normalized spacial score (nSPS) is 14.6. The van der Waals surface area contributed by atoms with Crippen molar-refractivity contribution in [1.29, 1.82) is 0 Å². The highest BCUT2D eigenvalue weighted by Crippen LogP contribution is 2.23. The van der Waals surface area contributed by atoms with Crippen molar-refractivity contribution in [3.8, 4) is 0 Å². The van der Waals surface area contributed by atoms with Crippen molar-refractivity contribution in [2.24, 2.45) is 0 Å². The fraction of sp³-hybridized carbons (Fsp3) is 0.312. The van der Waals surface area contributed by atoms with Crippen LogP contribution < -0.4 is 15.1 Å². The van der Waals surface area contributed by atoms with E-state index in [9.17, 15) is 13.6 Å². The van der Waals surface area contributed by atoms with Gasteiger partial charge in [0.1, 0.15) is 11.6 Å². The van der Waals surface area contributed by atoms with Crippen LogP contribution in [0.5, 0.6) is 0 Å². The number of hydrogen-bond acceptors (Lipinski definition) is 5. The smallest absolute Gasteiger partial charge is 0.271 e. The lowest BCUT2D eigenvalue weighted by Gasteiger charge is -2.36. The largest absolute Gasteiger partial charge is 0.366 e. The molecule has 0 radical (unpaired) electrons. The molecular weight excluding hydrogens is 316 g/mol. The van der Waals surface area contributed by atoms with E-state index in [4.69, 9.17) is 0 Å². The summed E-state index contributed by atoms with van der Waals surface area (Å²) < 4.78 is 27.2. The molecule has 1 aliphatic rings. The minimum atomic E-state index is -0.454. The number of nitrogens with one attached hydrogen (secondary N) is 1. The Hall–Kier alpha value is -2.77. The third-order valence-electron chi connectivity index (χ3n) is 3.96. The summed E-state index contributed by atoms with van der Waals surface area (Å²) in [5.41, 5.74) is 0.525. The number of carbonyl (C=O) groups is 1. The van der Waals surface area contributed by atoms with E-state index in [1.165, 1.54) is 13.1 Å². The SMILES string of the molecule is CNC(=O)c1ccc(N2CCN(c3cc(F)ccc3F)CC2)nn1. The predicted octanol–water partition coefficient (Wildman–Crippen LogP) is 1.44.